The first-order valence-electron chi connectivity index (χ1n) is 5.90. The lowest BCUT2D eigenvalue weighted by Crippen LogP contribution is -2.08. The van der Waals surface area contributed by atoms with Crippen LogP contribution in [0.5, 0.6) is 11.5 Å². The SMILES string of the molecule is CS(=O)(=O)Oc1ccc2ccc(OS(C)(=O)=O)c(C=O)c2c1. The minimum Gasteiger partial charge on any atom is -0.383 e. The van der Waals surface area contributed by atoms with Gasteiger partial charge < -0.3 is 8.37 Å². The van der Waals surface area contributed by atoms with Crippen LogP contribution in [0.1, 0.15) is 10.4 Å². The van der Waals surface area contributed by atoms with Crippen LogP contribution in [-0.2, 0) is 20.2 Å². The van der Waals surface area contributed by atoms with E-state index >= 15 is 0 Å². The van der Waals surface area contributed by atoms with E-state index in [1.165, 1.54) is 18.2 Å². The molecule has 0 N–H and O–H groups in total. The van der Waals surface area contributed by atoms with Crippen LogP contribution in [0.25, 0.3) is 10.8 Å². The summed E-state index contributed by atoms with van der Waals surface area (Å²) in [6.07, 6.45) is 2.18. The molecule has 0 radical (unpaired) electrons. The summed E-state index contributed by atoms with van der Waals surface area (Å²) in [5, 5.41) is 0.918. The van der Waals surface area contributed by atoms with Gasteiger partial charge in [-0.05, 0) is 29.0 Å². The van der Waals surface area contributed by atoms with Crippen LogP contribution in [0.4, 0.5) is 0 Å². The van der Waals surface area contributed by atoms with Gasteiger partial charge in [0.2, 0.25) is 0 Å². The van der Waals surface area contributed by atoms with Crippen LogP contribution in [-0.4, -0.2) is 35.6 Å². The molecule has 0 aliphatic heterocycles. The summed E-state index contributed by atoms with van der Waals surface area (Å²) < 4.78 is 54.2. The molecule has 0 atom stereocenters. The number of carbonyl (C=O) groups excluding carboxylic acids is 1. The Labute approximate surface area is 127 Å². The largest absolute Gasteiger partial charge is 0.383 e. The fraction of sp³-hybridized carbons (Fsp3) is 0.154. The highest BCUT2D eigenvalue weighted by Gasteiger charge is 2.14. The number of aldehydes is 1. The molecule has 22 heavy (non-hydrogen) atoms. The van der Waals surface area contributed by atoms with Gasteiger partial charge in [0, 0.05) is 0 Å². The number of hydrogen-bond acceptors (Lipinski definition) is 7. The topological polar surface area (TPSA) is 104 Å². The molecule has 2 aromatic rings. The lowest BCUT2D eigenvalue weighted by molar-refractivity contribution is 0.112. The molecule has 2 rings (SSSR count). The van der Waals surface area contributed by atoms with Gasteiger partial charge in [-0.1, -0.05) is 12.1 Å². The molecule has 0 fully saturated rings. The van der Waals surface area contributed by atoms with Crippen LogP contribution in [0.2, 0.25) is 0 Å². The predicted molar refractivity (Wildman–Crippen MR) is 80.3 cm³/mol. The Bertz CT molecular complexity index is 939. The van der Waals surface area contributed by atoms with Crippen LogP contribution in [0.15, 0.2) is 30.3 Å². The van der Waals surface area contributed by atoms with Crippen molar-refractivity contribution in [1.29, 1.82) is 0 Å². The van der Waals surface area contributed by atoms with E-state index in [4.69, 9.17) is 8.37 Å². The summed E-state index contributed by atoms with van der Waals surface area (Å²) in [6.45, 7) is 0. The van der Waals surface area contributed by atoms with E-state index in [0.29, 0.717) is 17.1 Å². The summed E-state index contributed by atoms with van der Waals surface area (Å²) in [6, 6.07) is 7.20. The van der Waals surface area contributed by atoms with Crippen molar-refractivity contribution in [2.45, 2.75) is 0 Å². The molecular formula is C13H12O7S2. The van der Waals surface area contributed by atoms with E-state index in [9.17, 15) is 21.6 Å². The second kappa shape index (κ2) is 5.58. The zero-order valence-electron chi connectivity index (χ0n) is 11.6. The Morgan fingerprint density at radius 2 is 1.50 bits per heavy atom. The Morgan fingerprint density at radius 3 is 2.05 bits per heavy atom. The van der Waals surface area contributed by atoms with E-state index in [1.54, 1.807) is 12.1 Å². The molecular weight excluding hydrogens is 332 g/mol. The lowest BCUT2D eigenvalue weighted by Gasteiger charge is -2.10. The lowest BCUT2D eigenvalue weighted by atomic mass is 10.0. The molecule has 118 valence electrons. The third-order valence-corrected chi connectivity index (χ3v) is 3.58. The summed E-state index contributed by atoms with van der Waals surface area (Å²) >= 11 is 0. The molecule has 0 aliphatic carbocycles. The molecule has 0 aliphatic rings. The quantitative estimate of drug-likeness (QED) is 0.595. The van der Waals surface area contributed by atoms with E-state index in [1.807, 2.05) is 0 Å². The Kier molecular flexibility index (Phi) is 4.12. The van der Waals surface area contributed by atoms with Gasteiger partial charge >= 0.3 is 20.2 Å². The molecule has 9 heteroatoms. The van der Waals surface area contributed by atoms with E-state index < -0.39 is 20.2 Å². The molecule has 0 saturated heterocycles. The van der Waals surface area contributed by atoms with Gasteiger partial charge in [-0.15, -0.1) is 0 Å². The van der Waals surface area contributed by atoms with Crippen molar-refractivity contribution in [2.75, 3.05) is 12.5 Å². The van der Waals surface area contributed by atoms with Crippen molar-refractivity contribution in [1.82, 2.24) is 0 Å². The zero-order valence-corrected chi connectivity index (χ0v) is 13.3. The smallest absolute Gasteiger partial charge is 0.306 e. The van der Waals surface area contributed by atoms with Gasteiger partial charge in [-0.2, -0.15) is 16.8 Å². The first-order valence-corrected chi connectivity index (χ1v) is 9.53. The van der Waals surface area contributed by atoms with Gasteiger partial charge in [0.15, 0.2) is 12.0 Å². The van der Waals surface area contributed by atoms with E-state index in [2.05, 4.69) is 0 Å². The Morgan fingerprint density at radius 1 is 0.909 bits per heavy atom. The average molecular weight is 344 g/mol. The molecule has 7 nitrogen and oxygen atoms in total. The highest BCUT2D eigenvalue weighted by atomic mass is 32.2. The second-order valence-electron chi connectivity index (χ2n) is 4.55. The van der Waals surface area contributed by atoms with Crippen LogP contribution in [0, 0.1) is 0 Å². The van der Waals surface area contributed by atoms with Crippen molar-refractivity contribution in [2.24, 2.45) is 0 Å². The molecule has 2 aromatic carbocycles. The summed E-state index contributed by atoms with van der Waals surface area (Å²) in [7, 11) is -7.52. The standard InChI is InChI=1S/C13H12O7S2/c1-21(15,16)19-10-5-3-9-4-6-13(20-22(2,17)18)12(8-14)11(9)7-10/h3-8H,1-2H3. The van der Waals surface area contributed by atoms with Crippen molar-refractivity contribution in [3.63, 3.8) is 0 Å². The van der Waals surface area contributed by atoms with Gasteiger partial charge in [-0.3, -0.25) is 4.79 Å². The Balaban J connectivity index is 2.65. The maximum atomic E-state index is 11.3. The summed E-state index contributed by atoms with van der Waals surface area (Å²) in [4.78, 5) is 11.3. The van der Waals surface area contributed by atoms with Crippen LogP contribution < -0.4 is 8.37 Å². The summed E-state index contributed by atoms with van der Waals surface area (Å²) in [5.74, 6) is -0.129. The fourth-order valence-electron chi connectivity index (χ4n) is 1.89. The molecule has 0 amide bonds. The Hall–Kier alpha value is -2.13. The highest BCUT2D eigenvalue weighted by Crippen LogP contribution is 2.30. The number of rotatable bonds is 5. The molecule has 0 saturated carbocycles. The number of benzene rings is 2. The fourth-order valence-corrected chi connectivity index (χ4v) is 2.81. The maximum Gasteiger partial charge on any atom is 0.306 e. The van der Waals surface area contributed by atoms with Crippen LogP contribution in [0.3, 0.4) is 0 Å². The minimum atomic E-state index is -3.80. The first-order chi connectivity index (χ1) is 10.1. The van der Waals surface area contributed by atoms with Crippen LogP contribution >= 0.6 is 0 Å². The first kappa shape index (κ1) is 16.2. The summed E-state index contributed by atoms with van der Waals surface area (Å²) in [5.41, 5.74) is -0.0122. The van der Waals surface area contributed by atoms with Crippen molar-refractivity contribution in [3.8, 4) is 11.5 Å². The van der Waals surface area contributed by atoms with Gasteiger partial charge in [0.25, 0.3) is 0 Å². The number of fused-ring (bicyclic) bond motifs is 1. The molecule has 0 bridgehead atoms. The van der Waals surface area contributed by atoms with E-state index in [-0.39, 0.29) is 17.1 Å². The van der Waals surface area contributed by atoms with Gasteiger partial charge in [0.1, 0.15) is 5.75 Å². The van der Waals surface area contributed by atoms with Crippen molar-refractivity contribution >= 4 is 37.3 Å². The third kappa shape index (κ3) is 3.95. The van der Waals surface area contributed by atoms with Gasteiger partial charge in [-0.25, -0.2) is 0 Å². The molecule has 0 aromatic heterocycles. The van der Waals surface area contributed by atoms with E-state index in [0.717, 1.165) is 12.5 Å². The zero-order chi connectivity index (χ0) is 16.5. The van der Waals surface area contributed by atoms with Crippen molar-refractivity contribution in [3.05, 3.63) is 35.9 Å². The minimum absolute atomic E-state index is 0.00889. The number of carbonyl (C=O) groups is 1. The second-order valence-corrected chi connectivity index (χ2v) is 7.70. The average Bonchev–Trinajstić information content (AvgIpc) is 2.34. The molecule has 0 spiro atoms. The van der Waals surface area contributed by atoms with Gasteiger partial charge in [0.05, 0.1) is 18.1 Å². The number of hydrogen-bond donors (Lipinski definition) is 0. The normalized spacial score (nSPS) is 12.1. The maximum absolute atomic E-state index is 11.3. The molecule has 0 unspecified atom stereocenters. The monoisotopic (exact) mass is 344 g/mol. The van der Waals surface area contributed by atoms with Crippen molar-refractivity contribution < 1.29 is 30.0 Å². The predicted octanol–water partition coefficient (Wildman–Crippen LogP) is 1.33. The highest BCUT2D eigenvalue weighted by molar-refractivity contribution is 7.86. The third-order valence-electron chi connectivity index (χ3n) is 2.60. The molecule has 0 heterocycles.